The third-order valence-electron chi connectivity index (χ3n) is 4.90. The predicted molar refractivity (Wildman–Crippen MR) is 115 cm³/mol. The molecule has 2 amide bonds. The summed E-state index contributed by atoms with van der Waals surface area (Å²) < 4.78 is 26.5. The van der Waals surface area contributed by atoms with Crippen LogP contribution in [0, 0.1) is 0 Å². The van der Waals surface area contributed by atoms with E-state index in [0.29, 0.717) is 36.6 Å². The molecule has 0 aromatic heterocycles. The van der Waals surface area contributed by atoms with Crippen LogP contribution in [0.3, 0.4) is 0 Å². The minimum absolute atomic E-state index is 0.144. The third-order valence-corrected chi connectivity index (χ3v) is 6.73. The molecule has 0 spiro atoms. The van der Waals surface area contributed by atoms with Gasteiger partial charge >= 0.3 is 6.03 Å². The van der Waals surface area contributed by atoms with Crippen LogP contribution in [-0.4, -0.2) is 33.1 Å². The first kappa shape index (κ1) is 22.1. The zero-order valence-electron chi connectivity index (χ0n) is 17.2. The van der Waals surface area contributed by atoms with Gasteiger partial charge < -0.3 is 24.2 Å². The molecule has 0 bridgehead atoms. The molecule has 9 heteroatoms. The number of anilines is 1. The summed E-state index contributed by atoms with van der Waals surface area (Å²) in [5, 5.41) is 3.44. The molecule has 0 unspecified atom stereocenters. The van der Waals surface area contributed by atoms with E-state index in [4.69, 9.17) is 21.1 Å². The van der Waals surface area contributed by atoms with Gasteiger partial charge in [-0.25, -0.2) is 4.79 Å². The van der Waals surface area contributed by atoms with Gasteiger partial charge in [-0.1, -0.05) is 11.6 Å². The molecule has 2 aliphatic heterocycles. The zero-order chi connectivity index (χ0) is 21.2. The molecule has 7 nitrogen and oxygen atoms in total. The fourth-order valence-electron chi connectivity index (χ4n) is 3.26. The van der Waals surface area contributed by atoms with E-state index < -0.39 is 16.1 Å². The summed E-state index contributed by atoms with van der Waals surface area (Å²) in [7, 11) is 0. The second-order valence-electron chi connectivity index (χ2n) is 8.07. The van der Waals surface area contributed by atoms with Crippen LogP contribution in [0.1, 0.15) is 57.7 Å². The van der Waals surface area contributed by atoms with Gasteiger partial charge in [0, 0.05) is 47.1 Å². The van der Waals surface area contributed by atoms with Crippen molar-refractivity contribution < 1.29 is 18.8 Å². The van der Waals surface area contributed by atoms with Gasteiger partial charge in [0.2, 0.25) is 6.29 Å². The Kier molecular flexibility index (Phi) is 6.88. The van der Waals surface area contributed by atoms with E-state index in [9.17, 15) is 9.35 Å². The van der Waals surface area contributed by atoms with E-state index in [2.05, 4.69) is 10.0 Å². The zero-order valence-corrected chi connectivity index (χ0v) is 18.7. The van der Waals surface area contributed by atoms with Crippen molar-refractivity contribution in [2.75, 3.05) is 11.9 Å². The number of nitrogens with one attached hydrogen (secondary N) is 2. The first-order chi connectivity index (χ1) is 13.7. The van der Waals surface area contributed by atoms with Crippen LogP contribution in [0.25, 0.3) is 0 Å². The molecule has 0 aliphatic carbocycles. The van der Waals surface area contributed by atoms with E-state index in [1.54, 1.807) is 11.0 Å². The van der Waals surface area contributed by atoms with Crippen LogP contribution in [0.4, 0.5) is 10.5 Å². The number of ether oxygens (including phenoxy) is 2. The Balaban J connectivity index is 1.92. The number of hydrogen-bond donors (Lipinski definition) is 2. The second-order valence-corrected chi connectivity index (χ2v) is 10.5. The quantitative estimate of drug-likeness (QED) is 0.611. The fraction of sp³-hybridized carbons (Fsp3) is 0.550. The predicted octanol–water partition coefficient (Wildman–Crippen LogP) is 4.42. The summed E-state index contributed by atoms with van der Waals surface area (Å²) in [6, 6.07) is 3.26. The number of urea groups is 1. The van der Waals surface area contributed by atoms with E-state index in [1.807, 2.05) is 33.8 Å². The van der Waals surface area contributed by atoms with Crippen molar-refractivity contribution in [1.29, 1.82) is 0 Å². The van der Waals surface area contributed by atoms with Crippen molar-refractivity contribution in [3.8, 4) is 0 Å². The van der Waals surface area contributed by atoms with Gasteiger partial charge in [-0.3, -0.25) is 0 Å². The summed E-state index contributed by atoms with van der Waals surface area (Å²) in [4.78, 5) is 14.0. The molecule has 1 aromatic carbocycles. The largest absolute Gasteiger partial charge is 0.598 e. The van der Waals surface area contributed by atoms with Crippen LogP contribution < -0.4 is 10.0 Å². The average Bonchev–Trinajstić information content (AvgIpc) is 3.16. The van der Waals surface area contributed by atoms with Crippen molar-refractivity contribution in [3.05, 3.63) is 40.8 Å². The number of halogens is 1. The maximum absolute atomic E-state index is 12.9. The first-order valence-electron chi connectivity index (χ1n) is 9.71. The number of hydrogen-bond acceptors (Lipinski definition) is 5. The van der Waals surface area contributed by atoms with Crippen LogP contribution in [0.5, 0.6) is 0 Å². The lowest BCUT2D eigenvalue weighted by Gasteiger charge is -2.33. The highest BCUT2D eigenvalue weighted by molar-refractivity contribution is 7.90. The maximum atomic E-state index is 12.9. The maximum Gasteiger partial charge on any atom is 0.322 e. The van der Waals surface area contributed by atoms with Gasteiger partial charge in [-0.05, 0) is 51.8 Å². The lowest BCUT2D eigenvalue weighted by Crippen LogP contribution is -2.43. The van der Waals surface area contributed by atoms with Gasteiger partial charge in [0.15, 0.2) is 0 Å². The third kappa shape index (κ3) is 5.31. The lowest BCUT2D eigenvalue weighted by molar-refractivity contribution is -0.0305. The molecule has 2 N–H and O–H groups in total. The number of carbonyl (C=O) groups is 1. The molecule has 2 heterocycles. The number of fused-ring (bicyclic) bond motifs is 1. The Bertz CT molecular complexity index is 776. The Morgan fingerprint density at radius 2 is 2.07 bits per heavy atom. The number of carbonyl (C=O) groups excluding carboxylic acids is 1. The van der Waals surface area contributed by atoms with Gasteiger partial charge in [-0.15, -0.1) is 4.72 Å². The Labute approximate surface area is 180 Å². The monoisotopic (exact) mass is 441 g/mol. The minimum Gasteiger partial charge on any atom is -0.598 e. The SMILES string of the molecule is CCN1Cc2c(cc(Cl)cc2[C@H](CCC2OC=CO2)N[S@@+]([O-])C(C)(C)C)NC1=O. The molecule has 160 valence electrons. The number of rotatable bonds is 7. The van der Waals surface area contributed by atoms with Crippen molar-refractivity contribution in [2.24, 2.45) is 0 Å². The Hall–Kier alpha value is -1.61. The van der Waals surface area contributed by atoms with Gasteiger partial charge in [-0.2, -0.15) is 0 Å². The van der Waals surface area contributed by atoms with E-state index >= 15 is 0 Å². The topological polar surface area (TPSA) is 85.9 Å². The molecule has 2 aliphatic rings. The summed E-state index contributed by atoms with van der Waals surface area (Å²) in [5.41, 5.74) is 2.60. The molecule has 1 aromatic rings. The van der Waals surface area contributed by atoms with Gasteiger partial charge in [0.25, 0.3) is 0 Å². The van der Waals surface area contributed by atoms with Crippen molar-refractivity contribution in [2.45, 2.75) is 64.2 Å². The van der Waals surface area contributed by atoms with E-state index in [-0.39, 0.29) is 18.4 Å². The van der Waals surface area contributed by atoms with Gasteiger partial charge in [0.05, 0.1) is 6.04 Å². The van der Waals surface area contributed by atoms with Gasteiger partial charge in [0.1, 0.15) is 17.3 Å². The average molecular weight is 442 g/mol. The standard InChI is InChI=1S/C20H28ClN3O4S/c1-5-24-12-15-14(10-13(21)11-17(15)22-19(24)25)16(23-29(26)20(2,3)4)6-7-18-27-8-9-28-18/h8-11,16,18,23H,5-7,12H2,1-4H3,(H,22,25)/t16-,29-/m0/s1. The summed E-state index contributed by atoms with van der Waals surface area (Å²) in [5.74, 6) is 0. The lowest BCUT2D eigenvalue weighted by atomic mass is 9.94. The summed E-state index contributed by atoms with van der Waals surface area (Å²) >= 11 is 5.08. The van der Waals surface area contributed by atoms with E-state index in [0.717, 1.165) is 11.1 Å². The number of benzene rings is 1. The highest BCUT2D eigenvalue weighted by Crippen LogP contribution is 2.36. The minimum atomic E-state index is -1.29. The molecule has 29 heavy (non-hydrogen) atoms. The first-order valence-corrected chi connectivity index (χ1v) is 11.2. The fourth-order valence-corrected chi connectivity index (χ4v) is 4.35. The van der Waals surface area contributed by atoms with Crippen molar-refractivity contribution in [3.63, 3.8) is 0 Å². The van der Waals surface area contributed by atoms with Crippen LogP contribution in [0.2, 0.25) is 5.02 Å². The molecule has 0 radical (unpaired) electrons. The smallest absolute Gasteiger partial charge is 0.322 e. The Morgan fingerprint density at radius 3 is 2.69 bits per heavy atom. The number of nitrogens with zero attached hydrogens (tertiary/aromatic N) is 1. The highest BCUT2D eigenvalue weighted by atomic mass is 35.5. The molecular weight excluding hydrogens is 414 g/mol. The molecule has 0 saturated carbocycles. The highest BCUT2D eigenvalue weighted by Gasteiger charge is 2.33. The van der Waals surface area contributed by atoms with Crippen molar-refractivity contribution >= 4 is 34.7 Å². The van der Waals surface area contributed by atoms with Crippen LogP contribution in [0.15, 0.2) is 24.7 Å². The van der Waals surface area contributed by atoms with E-state index in [1.165, 1.54) is 12.5 Å². The summed E-state index contributed by atoms with van der Waals surface area (Å²) in [6.45, 7) is 8.77. The summed E-state index contributed by atoms with van der Waals surface area (Å²) in [6.07, 6.45) is 3.93. The second kappa shape index (κ2) is 9.04. The normalized spacial score (nSPS) is 18.7. The van der Waals surface area contributed by atoms with Crippen LogP contribution >= 0.6 is 11.6 Å². The Morgan fingerprint density at radius 1 is 1.38 bits per heavy atom. The molecule has 2 atom stereocenters. The molecular formula is C20H28ClN3O4S. The molecule has 0 saturated heterocycles. The molecule has 0 fully saturated rings. The number of amides is 2. The van der Waals surface area contributed by atoms with Crippen LogP contribution in [-0.2, 0) is 27.4 Å². The molecule has 3 rings (SSSR count). The van der Waals surface area contributed by atoms with Crippen molar-refractivity contribution in [1.82, 2.24) is 9.62 Å².